The van der Waals surface area contributed by atoms with Crippen LogP contribution in [0.1, 0.15) is 39.0 Å². The van der Waals surface area contributed by atoms with Crippen molar-refractivity contribution >= 4 is 50.7 Å². The van der Waals surface area contributed by atoms with Crippen LogP contribution in [-0.2, 0) is 12.3 Å². The van der Waals surface area contributed by atoms with Crippen molar-refractivity contribution in [3.63, 3.8) is 0 Å². The van der Waals surface area contributed by atoms with Crippen molar-refractivity contribution in [3.8, 4) is 5.75 Å². The van der Waals surface area contributed by atoms with E-state index in [0.717, 1.165) is 39.1 Å². The fourth-order valence-electron chi connectivity index (χ4n) is 2.19. The Morgan fingerprint density at radius 2 is 2.17 bits per heavy atom. The number of halogens is 2. The highest BCUT2D eigenvalue weighted by Gasteiger charge is 2.11. The van der Waals surface area contributed by atoms with Gasteiger partial charge in [-0.3, -0.25) is 4.79 Å². The van der Waals surface area contributed by atoms with Gasteiger partial charge in [0.1, 0.15) is 5.75 Å². The standard InChI is InChI=1S/C18H18BrClO2S/c1-3-4-17-14(19)10-18(23-17)15(21)7-5-12-6-8-16(22-2)13(9-12)11-20/h5-10H,3-4,11H2,1-2H3/b7-5+. The molecule has 0 radical (unpaired) electrons. The number of carbonyl (C=O) groups is 1. The minimum absolute atomic E-state index is 0.0151. The minimum Gasteiger partial charge on any atom is -0.496 e. The van der Waals surface area contributed by atoms with Gasteiger partial charge < -0.3 is 4.74 Å². The van der Waals surface area contributed by atoms with Gasteiger partial charge in [-0.25, -0.2) is 0 Å². The number of benzene rings is 1. The number of hydrogen-bond donors (Lipinski definition) is 0. The lowest BCUT2D eigenvalue weighted by molar-refractivity contribution is 0.105. The zero-order valence-corrected chi connectivity index (χ0v) is 16.2. The van der Waals surface area contributed by atoms with Crippen molar-refractivity contribution in [2.24, 2.45) is 0 Å². The Balaban J connectivity index is 2.16. The lowest BCUT2D eigenvalue weighted by Crippen LogP contribution is -1.91. The van der Waals surface area contributed by atoms with Crippen molar-refractivity contribution < 1.29 is 9.53 Å². The average Bonchev–Trinajstić information content (AvgIpc) is 2.93. The molecular formula is C18H18BrClO2S. The SMILES string of the molecule is CCCc1sc(C(=O)/C=C/c2ccc(OC)c(CCl)c2)cc1Br. The molecule has 0 saturated carbocycles. The molecule has 5 heteroatoms. The van der Waals surface area contributed by atoms with E-state index in [4.69, 9.17) is 16.3 Å². The summed E-state index contributed by atoms with van der Waals surface area (Å²) in [5.41, 5.74) is 1.84. The third kappa shape index (κ3) is 4.69. The number of ketones is 1. The summed E-state index contributed by atoms with van der Waals surface area (Å²) in [5.74, 6) is 1.15. The van der Waals surface area contributed by atoms with Crippen LogP contribution in [0.5, 0.6) is 5.75 Å². The molecule has 2 rings (SSSR count). The van der Waals surface area contributed by atoms with Crippen molar-refractivity contribution in [1.82, 2.24) is 0 Å². The monoisotopic (exact) mass is 412 g/mol. The molecule has 1 aromatic heterocycles. The molecule has 0 N–H and O–H groups in total. The number of alkyl halides is 1. The van der Waals surface area contributed by atoms with Crippen LogP contribution >= 0.6 is 38.9 Å². The molecule has 0 spiro atoms. The number of aryl methyl sites for hydroxylation is 1. The molecule has 0 aliphatic heterocycles. The van der Waals surface area contributed by atoms with Gasteiger partial charge in [-0.1, -0.05) is 25.5 Å². The van der Waals surface area contributed by atoms with Gasteiger partial charge in [0.15, 0.2) is 5.78 Å². The molecule has 23 heavy (non-hydrogen) atoms. The van der Waals surface area contributed by atoms with E-state index in [0.29, 0.717) is 5.88 Å². The zero-order chi connectivity index (χ0) is 16.8. The fourth-order valence-corrected chi connectivity index (χ4v) is 4.29. The summed E-state index contributed by atoms with van der Waals surface area (Å²) < 4.78 is 6.27. The van der Waals surface area contributed by atoms with E-state index in [2.05, 4.69) is 22.9 Å². The number of thiophene rings is 1. The summed E-state index contributed by atoms with van der Waals surface area (Å²) in [6.07, 6.45) is 5.47. The van der Waals surface area contributed by atoms with Crippen LogP contribution in [0, 0.1) is 0 Å². The summed E-state index contributed by atoms with van der Waals surface area (Å²) >= 11 is 11.0. The van der Waals surface area contributed by atoms with Crippen molar-refractivity contribution in [2.75, 3.05) is 7.11 Å². The maximum absolute atomic E-state index is 12.3. The zero-order valence-electron chi connectivity index (χ0n) is 13.1. The van der Waals surface area contributed by atoms with Gasteiger partial charge in [-0.2, -0.15) is 0 Å². The normalized spacial score (nSPS) is 11.1. The second-order valence-electron chi connectivity index (χ2n) is 5.03. The summed E-state index contributed by atoms with van der Waals surface area (Å²) in [6, 6.07) is 7.61. The van der Waals surface area contributed by atoms with Crippen LogP contribution in [0.2, 0.25) is 0 Å². The Morgan fingerprint density at radius 1 is 1.39 bits per heavy atom. The Morgan fingerprint density at radius 3 is 2.83 bits per heavy atom. The molecule has 0 saturated heterocycles. The summed E-state index contributed by atoms with van der Waals surface area (Å²) in [5, 5.41) is 0. The molecule has 0 aliphatic carbocycles. The summed E-state index contributed by atoms with van der Waals surface area (Å²) in [4.78, 5) is 14.3. The van der Waals surface area contributed by atoms with Crippen molar-refractivity contribution in [2.45, 2.75) is 25.6 Å². The van der Waals surface area contributed by atoms with Crippen LogP contribution in [-0.4, -0.2) is 12.9 Å². The Bertz CT molecular complexity index is 722. The van der Waals surface area contributed by atoms with Crippen LogP contribution in [0.4, 0.5) is 0 Å². The largest absolute Gasteiger partial charge is 0.496 e. The summed E-state index contributed by atoms with van der Waals surface area (Å²) in [6.45, 7) is 2.13. The predicted octanol–water partition coefficient (Wildman–Crippen LogP) is 6.11. The molecule has 0 amide bonds. The number of carbonyl (C=O) groups excluding carboxylic acids is 1. The smallest absolute Gasteiger partial charge is 0.195 e. The van der Waals surface area contributed by atoms with E-state index >= 15 is 0 Å². The molecule has 1 aromatic carbocycles. The highest BCUT2D eigenvalue weighted by Crippen LogP contribution is 2.29. The Kier molecular flexibility index (Phi) is 6.88. The molecule has 0 aliphatic rings. The van der Waals surface area contributed by atoms with E-state index < -0.39 is 0 Å². The van der Waals surface area contributed by atoms with Gasteiger partial charge in [0.05, 0.1) is 17.9 Å². The topological polar surface area (TPSA) is 26.3 Å². The molecule has 1 heterocycles. The second kappa shape index (κ2) is 8.67. The fraction of sp³-hybridized carbons (Fsp3) is 0.278. The number of methoxy groups -OCH3 is 1. The van der Waals surface area contributed by atoms with Gasteiger partial charge in [0.2, 0.25) is 0 Å². The van der Waals surface area contributed by atoms with E-state index in [1.807, 2.05) is 30.3 Å². The van der Waals surface area contributed by atoms with Crippen molar-refractivity contribution in [3.05, 3.63) is 55.7 Å². The first-order chi connectivity index (χ1) is 11.1. The lowest BCUT2D eigenvalue weighted by Gasteiger charge is -2.06. The van der Waals surface area contributed by atoms with Gasteiger partial charge >= 0.3 is 0 Å². The lowest BCUT2D eigenvalue weighted by atomic mass is 10.1. The average molecular weight is 414 g/mol. The van der Waals surface area contributed by atoms with E-state index in [1.54, 1.807) is 24.5 Å². The highest BCUT2D eigenvalue weighted by molar-refractivity contribution is 9.10. The first kappa shape index (κ1) is 18.2. The second-order valence-corrected chi connectivity index (χ2v) is 7.29. The Hall–Kier alpha value is -1.10. The first-order valence-corrected chi connectivity index (χ1v) is 9.47. The van der Waals surface area contributed by atoms with Crippen molar-refractivity contribution in [1.29, 1.82) is 0 Å². The minimum atomic E-state index is 0.0151. The molecule has 0 unspecified atom stereocenters. The van der Waals surface area contributed by atoms with Gasteiger partial charge in [0.25, 0.3) is 0 Å². The highest BCUT2D eigenvalue weighted by atomic mass is 79.9. The maximum Gasteiger partial charge on any atom is 0.195 e. The van der Waals surface area contributed by atoms with Crippen LogP contribution in [0.15, 0.2) is 34.8 Å². The molecule has 0 atom stereocenters. The number of rotatable bonds is 7. The molecule has 2 nitrogen and oxygen atoms in total. The third-order valence-corrected chi connectivity index (χ3v) is 5.82. The quantitative estimate of drug-likeness (QED) is 0.311. The molecule has 0 fully saturated rings. The summed E-state index contributed by atoms with van der Waals surface area (Å²) in [7, 11) is 1.62. The van der Waals surface area contributed by atoms with Crippen LogP contribution in [0.25, 0.3) is 6.08 Å². The van der Waals surface area contributed by atoms with E-state index in [1.165, 1.54) is 4.88 Å². The molecule has 2 aromatic rings. The Labute approximate surface area is 154 Å². The number of ether oxygens (including phenoxy) is 1. The molecule has 0 bridgehead atoms. The van der Waals surface area contributed by atoms with Gasteiger partial charge in [-0.15, -0.1) is 22.9 Å². The molecule has 122 valence electrons. The van der Waals surface area contributed by atoms with Gasteiger partial charge in [-0.05, 0) is 52.2 Å². The number of allylic oxidation sites excluding steroid dienone is 1. The van der Waals surface area contributed by atoms with Gasteiger partial charge in [0, 0.05) is 14.9 Å². The maximum atomic E-state index is 12.3. The molecular weight excluding hydrogens is 396 g/mol. The van der Waals surface area contributed by atoms with Crippen LogP contribution < -0.4 is 4.74 Å². The van der Waals surface area contributed by atoms with E-state index in [9.17, 15) is 4.79 Å². The van der Waals surface area contributed by atoms with E-state index in [-0.39, 0.29) is 5.78 Å². The van der Waals surface area contributed by atoms with Crippen LogP contribution in [0.3, 0.4) is 0 Å². The number of hydrogen-bond acceptors (Lipinski definition) is 3. The first-order valence-electron chi connectivity index (χ1n) is 7.32. The predicted molar refractivity (Wildman–Crippen MR) is 102 cm³/mol. The third-order valence-electron chi connectivity index (χ3n) is 3.35.